The van der Waals surface area contributed by atoms with E-state index in [4.69, 9.17) is 4.74 Å². The van der Waals surface area contributed by atoms with Gasteiger partial charge in [-0.15, -0.1) is 0 Å². The van der Waals surface area contributed by atoms with Crippen LogP contribution in [-0.4, -0.2) is 25.0 Å². The maximum atomic E-state index is 12.3. The van der Waals surface area contributed by atoms with Crippen molar-refractivity contribution in [3.05, 3.63) is 59.7 Å². The molecule has 0 radical (unpaired) electrons. The number of benzene rings is 2. The molecule has 0 aliphatic carbocycles. The summed E-state index contributed by atoms with van der Waals surface area (Å²) in [6.45, 7) is 4.27. The molecule has 2 amide bonds. The van der Waals surface area contributed by atoms with Crippen molar-refractivity contribution in [3.8, 4) is 5.75 Å². The lowest BCUT2D eigenvalue weighted by Crippen LogP contribution is -2.41. The molecule has 2 aromatic rings. The van der Waals surface area contributed by atoms with E-state index in [1.54, 1.807) is 4.90 Å². The van der Waals surface area contributed by atoms with E-state index >= 15 is 0 Å². The summed E-state index contributed by atoms with van der Waals surface area (Å²) < 4.78 is 5.46. The number of ether oxygens (including phenoxy) is 1. The molecule has 1 aliphatic heterocycles. The lowest BCUT2D eigenvalue weighted by Gasteiger charge is -2.29. The third kappa shape index (κ3) is 3.99. The quantitative estimate of drug-likeness (QED) is 0.912. The molecule has 1 aliphatic rings. The first kappa shape index (κ1) is 17.0. The van der Waals surface area contributed by atoms with Crippen LogP contribution in [0.25, 0.3) is 0 Å². The van der Waals surface area contributed by atoms with Crippen LogP contribution in [-0.2, 0) is 9.59 Å². The molecule has 1 N–H and O–H groups in total. The minimum absolute atomic E-state index is 0.0120. The number of carbonyl (C=O) groups excluding carboxylic acids is 2. The van der Waals surface area contributed by atoms with Crippen LogP contribution >= 0.6 is 0 Å². The fourth-order valence-electron chi connectivity index (χ4n) is 2.91. The van der Waals surface area contributed by atoms with Crippen molar-refractivity contribution in [2.24, 2.45) is 0 Å². The molecule has 0 spiro atoms. The maximum Gasteiger partial charge on any atom is 0.265 e. The van der Waals surface area contributed by atoms with E-state index in [9.17, 15) is 9.59 Å². The Morgan fingerprint density at radius 2 is 2.00 bits per heavy atom. The van der Waals surface area contributed by atoms with Gasteiger partial charge in [-0.25, -0.2) is 0 Å². The summed E-state index contributed by atoms with van der Waals surface area (Å²) in [7, 11) is 0. The summed E-state index contributed by atoms with van der Waals surface area (Å²) in [5, 5.41) is 2.98. The fourth-order valence-corrected chi connectivity index (χ4v) is 2.91. The van der Waals surface area contributed by atoms with Gasteiger partial charge >= 0.3 is 0 Å². The fraction of sp³-hybridized carbons (Fsp3) is 0.300. The van der Waals surface area contributed by atoms with E-state index in [2.05, 4.69) is 5.32 Å². The number of aryl methyl sites for hydroxylation is 1. The average Bonchev–Trinajstić information content (AvgIpc) is 2.61. The Bertz CT molecular complexity index is 774. The molecular formula is C20H22N2O3. The Kier molecular flexibility index (Phi) is 5.03. The van der Waals surface area contributed by atoms with Gasteiger partial charge in [0.05, 0.1) is 11.7 Å². The van der Waals surface area contributed by atoms with Crippen molar-refractivity contribution in [2.45, 2.75) is 26.3 Å². The van der Waals surface area contributed by atoms with Gasteiger partial charge in [0.1, 0.15) is 5.75 Å². The van der Waals surface area contributed by atoms with E-state index in [1.165, 1.54) is 0 Å². The number of rotatable bonds is 5. The summed E-state index contributed by atoms with van der Waals surface area (Å²) in [5.41, 5.74) is 2.84. The van der Waals surface area contributed by atoms with E-state index < -0.39 is 0 Å². The number of nitrogens with zero attached hydrogens (tertiary/aromatic N) is 1. The van der Waals surface area contributed by atoms with Crippen LogP contribution in [0.4, 0.5) is 5.69 Å². The summed E-state index contributed by atoms with van der Waals surface area (Å²) in [5.74, 6) is 0.482. The first-order valence-electron chi connectivity index (χ1n) is 8.43. The van der Waals surface area contributed by atoms with Crippen LogP contribution in [0.15, 0.2) is 48.5 Å². The van der Waals surface area contributed by atoms with Crippen LogP contribution in [0.2, 0.25) is 0 Å². The van der Waals surface area contributed by atoms with E-state index in [0.717, 1.165) is 16.8 Å². The lowest BCUT2D eigenvalue weighted by atomic mass is 10.1. The first-order valence-corrected chi connectivity index (χ1v) is 8.43. The molecule has 25 heavy (non-hydrogen) atoms. The van der Waals surface area contributed by atoms with Crippen LogP contribution in [0.3, 0.4) is 0 Å². The minimum Gasteiger partial charge on any atom is -0.482 e. The van der Waals surface area contributed by atoms with Crippen molar-refractivity contribution in [1.29, 1.82) is 0 Å². The van der Waals surface area contributed by atoms with Crippen LogP contribution < -0.4 is 15.0 Å². The van der Waals surface area contributed by atoms with Crippen molar-refractivity contribution >= 4 is 17.5 Å². The standard InChI is InChI=1S/C20H22N2O3/c1-14-8-9-18-17(12-14)22(20(24)13-25-18)11-10-19(23)21-15(2)16-6-4-3-5-7-16/h3-9,12,15H,10-11,13H2,1-2H3,(H,21,23)/t15-/m1/s1. The van der Waals surface area contributed by atoms with Crippen molar-refractivity contribution in [3.63, 3.8) is 0 Å². The van der Waals surface area contributed by atoms with E-state index in [1.807, 2.05) is 62.4 Å². The SMILES string of the molecule is Cc1ccc2c(c1)N(CCC(=O)N[C@H](C)c1ccccc1)C(=O)CO2. The molecular weight excluding hydrogens is 316 g/mol. The predicted molar refractivity (Wildman–Crippen MR) is 96.6 cm³/mol. The highest BCUT2D eigenvalue weighted by Crippen LogP contribution is 2.32. The molecule has 1 heterocycles. The number of anilines is 1. The van der Waals surface area contributed by atoms with E-state index in [0.29, 0.717) is 12.3 Å². The molecule has 3 rings (SSSR count). The number of hydrogen-bond donors (Lipinski definition) is 1. The van der Waals surface area contributed by atoms with Gasteiger partial charge in [0.15, 0.2) is 6.61 Å². The second-order valence-corrected chi connectivity index (χ2v) is 6.26. The van der Waals surface area contributed by atoms with Gasteiger partial charge in [-0.2, -0.15) is 0 Å². The zero-order valence-electron chi connectivity index (χ0n) is 14.5. The third-order valence-electron chi connectivity index (χ3n) is 4.30. The van der Waals surface area contributed by atoms with Crippen molar-refractivity contribution in [1.82, 2.24) is 5.32 Å². The Hall–Kier alpha value is -2.82. The molecule has 0 unspecified atom stereocenters. The number of fused-ring (bicyclic) bond motifs is 1. The Labute approximate surface area is 147 Å². The normalized spacial score (nSPS) is 14.5. The summed E-state index contributed by atoms with van der Waals surface area (Å²) in [6.07, 6.45) is 0.246. The maximum absolute atomic E-state index is 12.3. The van der Waals surface area contributed by atoms with Crippen LogP contribution in [0.5, 0.6) is 5.75 Å². The second-order valence-electron chi connectivity index (χ2n) is 6.26. The van der Waals surface area contributed by atoms with Crippen LogP contribution in [0.1, 0.15) is 30.5 Å². The molecule has 5 nitrogen and oxygen atoms in total. The van der Waals surface area contributed by atoms with Gasteiger partial charge in [0.25, 0.3) is 5.91 Å². The van der Waals surface area contributed by atoms with Crippen molar-refractivity contribution in [2.75, 3.05) is 18.1 Å². The zero-order valence-corrected chi connectivity index (χ0v) is 14.5. The number of hydrogen-bond acceptors (Lipinski definition) is 3. The first-order chi connectivity index (χ1) is 12.0. The van der Waals surface area contributed by atoms with Gasteiger partial charge in [-0.3, -0.25) is 9.59 Å². The number of amides is 2. The number of nitrogens with one attached hydrogen (secondary N) is 1. The highest BCUT2D eigenvalue weighted by atomic mass is 16.5. The molecule has 0 fully saturated rings. The topological polar surface area (TPSA) is 58.6 Å². The summed E-state index contributed by atoms with van der Waals surface area (Å²) >= 11 is 0. The zero-order chi connectivity index (χ0) is 17.8. The van der Waals surface area contributed by atoms with Gasteiger partial charge in [-0.1, -0.05) is 36.4 Å². The third-order valence-corrected chi connectivity index (χ3v) is 4.30. The molecule has 0 saturated carbocycles. The lowest BCUT2D eigenvalue weighted by molar-refractivity contribution is -0.122. The highest BCUT2D eigenvalue weighted by Gasteiger charge is 2.26. The van der Waals surface area contributed by atoms with Crippen LogP contribution in [0, 0.1) is 6.92 Å². The summed E-state index contributed by atoms with van der Waals surface area (Å²) in [4.78, 5) is 26.1. The smallest absolute Gasteiger partial charge is 0.265 e. The van der Waals surface area contributed by atoms with Gasteiger partial charge < -0.3 is 15.0 Å². The highest BCUT2D eigenvalue weighted by molar-refractivity contribution is 5.98. The number of carbonyl (C=O) groups is 2. The van der Waals surface area contributed by atoms with Gasteiger partial charge in [0, 0.05) is 13.0 Å². The molecule has 130 valence electrons. The molecule has 1 atom stereocenters. The Morgan fingerprint density at radius 3 is 2.76 bits per heavy atom. The molecule has 0 aromatic heterocycles. The van der Waals surface area contributed by atoms with Gasteiger partial charge in [-0.05, 0) is 37.1 Å². The van der Waals surface area contributed by atoms with E-state index in [-0.39, 0.29) is 30.9 Å². The molecule has 0 bridgehead atoms. The summed E-state index contributed by atoms with van der Waals surface area (Å²) in [6, 6.07) is 15.5. The predicted octanol–water partition coefficient (Wildman–Crippen LogP) is 2.99. The van der Waals surface area contributed by atoms with Crippen molar-refractivity contribution < 1.29 is 14.3 Å². The molecule has 0 saturated heterocycles. The minimum atomic E-state index is -0.123. The average molecular weight is 338 g/mol. The Morgan fingerprint density at radius 1 is 1.24 bits per heavy atom. The largest absolute Gasteiger partial charge is 0.482 e. The second kappa shape index (κ2) is 7.38. The Balaban J connectivity index is 1.62. The monoisotopic (exact) mass is 338 g/mol. The molecule has 5 heteroatoms. The van der Waals surface area contributed by atoms with Gasteiger partial charge in [0.2, 0.25) is 5.91 Å². The molecule has 2 aromatic carbocycles.